The Bertz CT molecular complexity index is 531. The summed E-state index contributed by atoms with van der Waals surface area (Å²) in [5, 5.41) is 13.2. The third kappa shape index (κ3) is 2.70. The highest BCUT2D eigenvalue weighted by Gasteiger charge is 2.50. The van der Waals surface area contributed by atoms with E-state index in [2.05, 4.69) is 41.4 Å². The van der Waals surface area contributed by atoms with Gasteiger partial charge in [-0.1, -0.05) is 24.3 Å². The lowest BCUT2D eigenvalue weighted by Crippen LogP contribution is -2.62. The summed E-state index contributed by atoms with van der Waals surface area (Å²) in [6.07, 6.45) is 2.68. The molecule has 2 atom stereocenters. The van der Waals surface area contributed by atoms with E-state index in [4.69, 9.17) is 0 Å². The summed E-state index contributed by atoms with van der Waals surface area (Å²) in [5.41, 5.74) is 1.99. The van der Waals surface area contributed by atoms with Crippen LogP contribution >= 0.6 is 0 Å². The second kappa shape index (κ2) is 5.78. The number of nitrogens with zero attached hydrogens (tertiary/aromatic N) is 1. The lowest BCUT2D eigenvalue weighted by Gasteiger charge is -2.48. The van der Waals surface area contributed by atoms with Crippen LogP contribution in [0, 0.1) is 12.3 Å². The first-order valence-electron chi connectivity index (χ1n) is 7.85. The van der Waals surface area contributed by atoms with Crippen LogP contribution in [0.4, 0.5) is 0 Å². The Hall–Kier alpha value is -1.39. The molecule has 2 saturated heterocycles. The van der Waals surface area contributed by atoms with E-state index in [0.29, 0.717) is 6.54 Å². The number of piperidine rings is 2. The first-order chi connectivity index (χ1) is 10.1. The van der Waals surface area contributed by atoms with Crippen LogP contribution in [0.3, 0.4) is 0 Å². The average molecular weight is 288 g/mol. The molecule has 21 heavy (non-hydrogen) atoms. The van der Waals surface area contributed by atoms with Gasteiger partial charge in [-0.05, 0) is 43.9 Å². The van der Waals surface area contributed by atoms with Crippen LogP contribution in [0.1, 0.15) is 30.4 Å². The van der Waals surface area contributed by atoms with E-state index in [1.165, 1.54) is 11.1 Å². The number of rotatable bonds is 3. The first kappa shape index (κ1) is 14.5. The van der Waals surface area contributed by atoms with Gasteiger partial charge in [-0.3, -0.25) is 9.69 Å². The van der Waals surface area contributed by atoms with Gasteiger partial charge >= 0.3 is 5.97 Å². The van der Waals surface area contributed by atoms with Crippen molar-refractivity contribution in [2.24, 2.45) is 5.41 Å². The molecule has 2 aliphatic rings. The molecule has 2 heterocycles. The molecular formula is C17H24N2O2. The zero-order valence-electron chi connectivity index (χ0n) is 12.6. The van der Waals surface area contributed by atoms with Gasteiger partial charge in [-0.25, -0.2) is 0 Å². The fourth-order valence-electron chi connectivity index (χ4n) is 3.89. The van der Waals surface area contributed by atoms with Crippen LogP contribution in [0.2, 0.25) is 0 Å². The first-order valence-corrected chi connectivity index (χ1v) is 7.85. The molecule has 4 nitrogen and oxygen atoms in total. The number of carboxylic acids is 1. The van der Waals surface area contributed by atoms with Crippen molar-refractivity contribution in [1.29, 1.82) is 0 Å². The molecular weight excluding hydrogens is 264 g/mol. The molecule has 0 bridgehead atoms. The van der Waals surface area contributed by atoms with Crippen molar-refractivity contribution in [2.75, 3.05) is 19.6 Å². The molecule has 0 amide bonds. The van der Waals surface area contributed by atoms with Gasteiger partial charge in [0.05, 0.1) is 5.41 Å². The Morgan fingerprint density at radius 2 is 2.29 bits per heavy atom. The van der Waals surface area contributed by atoms with Gasteiger partial charge in [-0.2, -0.15) is 0 Å². The number of carbonyl (C=O) groups is 1. The maximum absolute atomic E-state index is 11.9. The molecule has 3 rings (SSSR count). The van der Waals surface area contributed by atoms with Crippen molar-refractivity contribution in [3.63, 3.8) is 0 Å². The predicted molar refractivity (Wildman–Crippen MR) is 82.2 cm³/mol. The summed E-state index contributed by atoms with van der Waals surface area (Å²) >= 11 is 0. The zero-order valence-corrected chi connectivity index (χ0v) is 12.6. The fourth-order valence-corrected chi connectivity index (χ4v) is 3.89. The third-order valence-electron chi connectivity index (χ3n) is 5.18. The summed E-state index contributed by atoms with van der Waals surface area (Å²) in [4.78, 5) is 14.2. The highest BCUT2D eigenvalue weighted by atomic mass is 16.4. The minimum atomic E-state index is -0.630. The fraction of sp³-hybridized carbons (Fsp3) is 0.588. The molecule has 114 valence electrons. The third-order valence-corrected chi connectivity index (χ3v) is 5.18. The molecule has 2 aliphatic heterocycles. The van der Waals surface area contributed by atoms with Crippen molar-refractivity contribution in [3.8, 4) is 0 Å². The second-order valence-electron chi connectivity index (χ2n) is 6.50. The van der Waals surface area contributed by atoms with E-state index in [1.54, 1.807) is 0 Å². The minimum Gasteiger partial charge on any atom is -0.481 e. The number of carboxylic acid groups (broad SMARTS) is 1. The Morgan fingerprint density at radius 1 is 1.48 bits per heavy atom. The van der Waals surface area contributed by atoms with Gasteiger partial charge in [0, 0.05) is 25.7 Å². The number of hydrogen-bond donors (Lipinski definition) is 2. The summed E-state index contributed by atoms with van der Waals surface area (Å²) in [6.45, 7) is 5.57. The van der Waals surface area contributed by atoms with Crippen LogP contribution in [0.15, 0.2) is 24.3 Å². The molecule has 0 unspecified atom stereocenters. The van der Waals surface area contributed by atoms with E-state index in [-0.39, 0.29) is 6.04 Å². The second-order valence-corrected chi connectivity index (χ2v) is 6.50. The Kier molecular flexibility index (Phi) is 4.00. The number of nitrogens with one attached hydrogen (secondary N) is 1. The van der Waals surface area contributed by atoms with Crippen molar-refractivity contribution in [3.05, 3.63) is 35.4 Å². The summed E-state index contributed by atoms with van der Waals surface area (Å²) < 4.78 is 0. The lowest BCUT2D eigenvalue weighted by molar-refractivity contribution is -0.157. The van der Waals surface area contributed by atoms with Crippen molar-refractivity contribution < 1.29 is 9.90 Å². The molecule has 0 aliphatic carbocycles. The molecule has 1 aromatic carbocycles. The highest BCUT2D eigenvalue weighted by molar-refractivity contribution is 5.76. The number of aryl methyl sites for hydroxylation is 1. The maximum Gasteiger partial charge on any atom is 0.312 e. The van der Waals surface area contributed by atoms with Gasteiger partial charge in [0.25, 0.3) is 0 Å². The number of aliphatic carboxylic acids is 1. The highest BCUT2D eigenvalue weighted by Crippen LogP contribution is 2.38. The van der Waals surface area contributed by atoms with Gasteiger partial charge < -0.3 is 10.4 Å². The topological polar surface area (TPSA) is 52.6 Å². The SMILES string of the molecule is Cc1ccccc1CN1CC[C@@H]2NCCC[C@@]2(C(=O)O)C1. The van der Waals surface area contributed by atoms with Crippen LogP contribution in [0.25, 0.3) is 0 Å². The van der Waals surface area contributed by atoms with Crippen LogP contribution in [-0.4, -0.2) is 41.7 Å². The predicted octanol–water partition coefficient (Wildman–Crippen LogP) is 2.02. The van der Waals surface area contributed by atoms with Gasteiger partial charge in [0.1, 0.15) is 0 Å². The lowest BCUT2D eigenvalue weighted by atomic mass is 9.70. The standard InChI is InChI=1S/C17H24N2O2/c1-13-5-2-3-6-14(13)11-19-10-7-15-17(12-19,16(20)21)8-4-9-18-15/h2-3,5-6,15,18H,4,7-12H2,1H3,(H,20,21)/t15-,17+/m0/s1. The molecule has 0 radical (unpaired) electrons. The molecule has 0 saturated carbocycles. The summed E-state index contributed by atoms with van der Waals surface area (Å²) in [5.74, 6) is -0.630. The average Bonchev–Trinajstić information content (AvgIpc) is 2.49. The smallest absolute Gasteiger partial charge is 0.312 e. The number of fused-ring (bicyclic) bond motifs is 1. The van der Waals surface area contributed by atoms with Crippen molar-refractivity contribution in [2.45, 2.75) is 38.8 Å². The summed E-state index contributed by atoms with van der Waals surface area (Å²) in [7, 11) is 0. The Morgan fingerprint density at radius 3 is 3.05 bits per heavy atom. The maximum atomic E-state index is 11.9. The molecule has 1 aromatic rings. The van der Waals surface area contributed by atoms with Gasteiger partial charge in [0.15, 0.2) is 0 Å². The quantitative estimate of drug-likeness (QED) is 0.893. The number of hydrogen-bond acceptors (Lipinski definition) is 3. The van der Waals surface area contributed by atoms with Gasteiger partial charge in [0.2, 0.25) is 0 Å². The minimum absolute atomic E-state index is 0.136. The van der Waals surface area contributed by atoms with E-state index >= 15 is 0 Å². The normalized spacial score (nSPS) is 29.9. The van der Waals surface area contributed by atoms with Crippen molar-refractivity contribution >= 4 is 5.97 Å². The molecule has 0 spiro atoms. The van der Waals surface area contributed by atoms with E-state index in [0.717, 1.165) is 38.9 Å². The largest absolute Gasteiger partial charge is 0.481 e. The van der Waals surface area contributed by atoms with E-state index in [9.17, 15) is 9.90 Å². The Labute approximate surface area is 126 Å². The Balaban J connectivity index is 1.77. The van der Waals surface area contributed by atoms with E-state index < -0.39 is 11.4 Å². The monoisotopic (exact) mass is 288 g/mol. The van der Waals surface area contributed by atoms with Crippen LogP contribution < -0.4 is 5.32 Å². The van der Waals surface area contributed by atoms with E-state index in [1.807, 2.05) is 0 Å². The van der Waals surface area contributed by atoms with Crippen LogP contribution in [-0.2, 0) is 11.3 Å². The molecule has 2 fully saturated rings. The summed E-state index contributed by atoms with van der Waals surface area (Å²) in [6, 6.07) is 8.52. The molecule has 4 heteroatoms. The van der Waals surface area contributed by atoms with Crippen molar-refractivity contribution in [1.82, 2.24) is 10.2 Å². The van der Waals surface area contributed by atoms with Crippen LogP contribution in [0.5, 0.6) is 0 Å². The number of benzene rings is 1. The number of likely N-dealkylation sites (tertiary alicyclic amines) is 1. The zero-order chi connectivity index (χ0) is 14.9. The van der Waals surface area contributed by atoms with Gasteiger partial charge in [-0.15, -0.1) is 0 Å². The molecule has 0 aromatic heterocycles. The molecule has 2 N–H and O–H groups in total.